The van der Waals surface area contributed by atoms with E-state index in [4.69, 9.17) is 4.74 Å². The fourth-order valence-electron chi connectivity index (χ4n) is 9.23. The molecule has 0 radical (unpaired) electrons. The van der Waals surface area contributed by atoms with Crippen LogP contribution in [-0.2, 0) is 30.4 Å². The molecule has 0 saturated heterocycles. The second kappa shape index (κ2) is 20.4. The third-order valence-electron chi connectivity index (χ3n) is 12.7. The second-order valence-electron chi connectivity index (χ2n) is 16.5. The molecule has 2 aliphatic carbocycles. The van der Waals surface area contributed by atoms with Crippen molar-refractivity contribution in [1.29, 1.82) is 0 Å². The molecule has 4 aromatic rings. The van der Waals surface area contributed by atoms with Crippen molar-refractivity contribution >= 4 is 0 Å². The van der Waals surface area contributed by atoms with Crippen molar-refractivity contribution < 1.29 is 13.5 Å². The largest absolute Gasteiger partial charge is 0.381 e. The zero-order chi connectivity index (χ0) is 36.8. The lowest BCUT2D eigenvalue weighted by molar-refractivity contribution is 0.139. The zero-order valence-electron chi connectivity index (χ0n) is 32.7. The van der Waals surface area contributed by atoms with Gasteiger partial charge in [0.1, 0.15) is 11.6 Å². The van der Waals surface area contributed by atoms with Gasteiger partial charge in [-0.25, -0.2) is 8.78 Å². The Morgan fingerprint density at radius 1 is 0.434 bits per heavy atom. The van der Waals surface area contributed by atoms with E-state index < -0.39 is 0 Å². The average molecular weight is 719 g/mol. The fourth-order valence-corrected chi connectivity index (χ4v) is 9.23. The summed E-state index contributed by atoms with van der Waals surface area (Å²) in [6.45, 7) is 5.41. The molecule has 4 aromatic carbocycles. The Bertz CT molecular complexity index is 1530. The number of ether oxygens (including phenoxy) is 1. The summed E-state index contributed by atoms with van der Waals surface area (Å²) < 4.78 is 36.0. The standard InChI is InChI=1S/C50H64F2O/c1-3-5-37-7-11-39(12-8-37)15-17-41-19-23-43(24-20-41)47-29-27-45(49(51)35-47)31-33-53-34-32-46-28-30-48(36-50(46)52)44-25-21-42(22-26-44)18-16-40-13-9-38(6-4-2)10-14-40/h19-30,35-40H,3-18,31-34H2,1-2H3. The van der Waals surface area contributed by atoms with Gasteiger partial charge in [-0.1, -0.05) is 164 Å². The highest BCUT2D eigenvalue weighted by atomic mass is 19.1. The molecule has 284 valence electrons. The lowest BCUT2D eigenvalue weighted by atomic mass is 9.78. The zero-order valence-corrected chi connectivity index (χ0v) is 32.7. The summed E-state index contributed by atoms with van der Waals surface area (Å²) >= 11 is 0. The van der Waals surface area contributed by atoms with E-state index in [0.29, 0.717) is 37.2 Å². The van der Waals surface area contributed by atoms with E-state index in [-0.39, 0.29) is 11.6 Å². The number of halogens is 2. The average Bonchev–Trinajstić information content (AvgIpc) is 3.19. The number of rotatable bonds is 18. The van der Waals surface area contributed by atoms with Gasteiger partial charge < -0.3 is 4.74 Å². The molecule has 2 aliphatic rings. The topological polar surface area (TPSA) is 9.23 Å². The van der Waals surface area contributed by atoms with Crippen LogP contribution in [0, 0.1) is 35.3 Å². The van der Waals surface area contributed by atoms with Crippen molar-refractivity contribution in [3.05, 3.63) is 119 Å². The van der Waals surface area contributed by atoms with E-state index in [9.17, 15) is 0 Å². The maximum atomic E-state index is 15.1. The summed E-state index contributed by atoms with van der Waals surface area (Å²) in [5.41, 5.74) is 7.94. The predicted molar refractivity (Wildman–Crippen MR) is 219 cm³/mol. The minimum absolute atomic E-state index is 0.201. The molecule has 0 aromatic heterocycles. The highest BCUT2D eigenvalue weighted by Crippen LogP contribution is 2.35. The molecule has 0 heterocycles. The molecule has 0 N–H and O–H groups in total. The first-order valence-corrected chi connectivity index (χ1v) is 21.3. The Balaban J connectivity index is 0.889. The molecular formula is C50H64F2O. The first-order valence-electron chi connectivity index (χ1n) is 21.3. The third kappa shape index (κ3) is 11.8. The Labute approximate surface area is 320 Å². The second-order valence-corrected chi connectivity index (χ2v) is 16.5. The minimum Gasteiger partial charge on any atom is -0.381 e. The van der Waals surface area contributed by atoms with E-state index in [1.165, 1.54) is 101 Å². The summed E-state index contributed by atoms with van der Waals surface area (Å²) in [7, 11) is 0. The fraction of sp³-hybridized carbons (Fsp3) is 0.520. The Hall–Kier alpha value is -3.30. The molecule has 0 atom stereocenters. The normalized spacial score (nSPS) is 20.5. The van der Waals surface area contributed by atoms with E-state index in [1.807, 2.05) is 24.3 Å². The molecule has 2 saturated carbocycles. The molecule has 6 rings (SSSR count). The van der Waals surface area contributed by atoms with Crippen LogP contribution in [-0.4, -0.2) is 13.2 Å². The summed E-state index contributed by atoms with van der Waals surface area (Å²) in [4.78, 5) is 0. The van der Waals surface area contributed by atoms with Crippen molar-refractivity contribution in [2.45, 2.75) is 129 Å². The van der Waals surface area contributed by atoms with Crippen LogP contribution in [0.5, 0.6) is 0 Å². The van der Waals surface area contributed by atoms with Crippen LogP contribution in [0.15, 0.2) is 84.9 Å². The van der Waals surface area contributed by atoms with Crippen LogP contribution in [0.1, 0.15) is 126 Å². The smallest absolute Gasteiger partial charge is 0.127 e. The molecular weight excluding hydrogens is 655 g/mol. The van der Waals surface area contributed by atoms with Gasteiger partial charge in [-0.3, -0.25) is 0 Å². The highest BCUT2D eigenvalue weighted by Gasteiger charge is 2.21. The molecule has 0 amide bonds. The van der Waals surface area contributed by atoms with Crippen molar-refractivity contribution in [3.63, 3.8) is 0 Å². The molecule has 0 unspecified atom stereocenters. The molecule has 0 aliphatic heterocycles. The predicted octanol–water partition coefficient (Wildman–Crippen LogP) is 14.2. The van der Waals surface area contributed by atoms with E-state index >= 15 is 8.78 Å². The van der Waals surface area contributed by atoms with Crippen LogP contribution >= 0.6 is 0 Å². The SMILES string of the molecule is CCCC1CCC(CCc2ccc(-c3ccc(CCOCCc4ccc(-c5ccc(CCC6CCC(CCC)CC6)cc5)cc4F)c(F)c3)cc2)CC1. The van der Waals surface area contributed by atoms with Crippen LogP contribution in [0.3, 0.4) is 0 Å². The number of hydrogen-bond acceptors (Lipinski definition) is 1. The number of aryl methyl sites for hydroxylation is 2. The van der Waals surface area contributed by atoms with Gasteiger partial charge in [0.25, 0.3) is 0 Å². The molecule has 0 spiro atoms. The van der Waals surface area contributed by atoms with Crippen molar-refractivity contribution in [3.8, 4) is 22.3 Å². The van der Waals surface area contributed by atoms with Gasteiger partial charge in [-0.15, -0.1) is 0 Å². The summed E-state index contributed by atoms with van der Waals surface area (Å²) in [6.07, 6.45) is 22.4. The van der Waals surface area contributed by atoms with E-state index in [0.717, 1.165) is 58.8 Å². The first-order chi connectivity index (χ1) is 26.0. The van der Waals surface area contributed by atoms with Gasteiger partial charge in [0, 0.05) is 0 Å². The Morgan fingerprint density at radius 2 is 0.774 bits per heavy atom. The summed E-state index contributed by atoms with van der Waals surface area (Å²) in [5.74, 6) is 3.26. The molecule has 2 fully saturated rings. The third-order valence-corrected chi connectivity index (χ3v) is 12.7. The molecule has 0 bridgehead atoms. The van der Waals surface area contributed by atoms with Gasteiger partial charge in [0.05, 0.1) is 13.2 Å². The molecule has 3 heteroatoms. The van der Waals surface area contributed by atoms with E-state index in [2.05, 4.69) is 62.4 Å². The maximum absolute atomic E-state index is 15.1. The van der Waals surface area contributed by atoms with Crippen LogP contribution in [0.25, 0.3) is 22.3 Å². The molecule has 1 nitrogen and oxygen atoms in total. The van der Waals surface area contributed by atoms with Crippen molar-refractivity contribution in [1.82, 2.24) is 0 Å². The quantitative estimate of drug-likeness (QED) is 0.0931. The number of hydrogen-bond donors (Lipinski definition) is 0. The van der Waals surface area contributed by atoms with E-state index in [1.54, 1.807) is 12.1 Å². The Kier molecular flexibility index (Phi) is 15.2. The lowest BCUT2D eigenvalue weighted by Gasteiger charge is -2.28. The summed E-state index contributed by atoms with van der Waals surface area (Å²) in [5, 5.41) is 0. The van der Waals surface area contributed by atoms with Gasteiger partial charge in [0.2, 0.25) is 0 Å². The van der Waals surface area contributed by atoms with Gasteiger partial charge in [0.15, 0.2) is 0 Å². The molecule has 53 heavy (non-hydrogen) atoms. The highest BCUT2D eigenvalue weighted by molar-refractivity contribution is 5.65. The number of benzene rings is 4. The van der Waals surface area contributed by atoms with Crippen LogP contribution in [0.2, 0.25) is 0 Å². The first kappa shape index (κ1) is 39.4. The van der Waals surface area contributed by atoms with Gasteiger partial charge >= 0.3 is 0 Å². The minimum atomic E-state index is -0.201. The van der Waals surface area contributed by atoms with Crippen LogP contribution < -0.4 is 0 Å². The van der Waals surface area contributed by atoms with Crippen molar-refractivity contribution in [2.24, 2.45) is 23.7 Å². The summed E-state index contributed by atoms with van der Waals surface area (Å²) in [6, 6.07) is 28.4. The lowest BCUT2D eigenvalue weighted by Crippen LogP contribution is -2.15. The van der Waals surface area contributed by atoms with Crippen LogP contribution in [0.4, 0.5) is 8.78 Å². The van der Waals surface area contributed by atoms with Gasteiger partial charge in [-0.05, 0) is 119 Å². The monoisotopic (exact) mass is 718 g/mol. The maximum Gasteiger partial charge on any atom is 0.127 e. The van der Waals surface area contributed by atoms with Gasteiger partial charge in [-0.2, -0.15) is 0 Å². The Morgan fingerprint density at radius 3 is 1.11 bits per heavy atom. The van der Waals surface area contributed by atoms with Crippen molar-refractivity contribution in [2.75, 3.05) is 13.2 Å².